The summed E-state index contributed by atoms with van der Waals surface area (Å²) in [5.74, 6) is 1.30. The maximum absolute atomic E-state index is 10.7. The summed E-state index contributed by atoms with van der Waals surface area (Å²) in [6.45, 7) is 3.75. The highest BCUT2D eigenvalue weighted by molar-refractivity contribution is 9.10. The molecule has 30 heavy (non-hydrogen) atoms. The van der Waals surface area contributed by atoms with Gasteiger partial charge in [0.15, 0.2) is 0 Å². The Kier molecular flexibility index (Phi) is 5.69. The first-order chi connectivity index (χ1) is 14.6. The number of benzene rings is 1. The molecule has 3 aliphatic heterocycles. The van der Waals surface area contributed by atoms with Crippen molar-refractivity contribution in [3.8, 4) is 11.3 Å². The molecule has 5 nitrogen and oxygen atoms in total. The lowest BCUT2D eigenvalue weighted by atomic mass is 9.83. The number of amidine groups is 1. The van der Waals surface area contributed by atoms with Crippen molar-refractivity contribution in [2.75, 3.05) is 26.2 Å². The molecule has 1 aromatic carbocycles. The van der Waals surface area contributed by atoms with Crippen LogP contribution in [0.25, 0.3) is 16.8 Å². The molecule has 0 aliphatic carbocycles. The van der Waals surface area contributed by atoms with Crippen LogP contribution in [0.4, 0.5) is 0 Å². The highest BCUT2D eigenvalue weighted by atomic mass is 79.9. The van der Waals surface area contributed by atoms with Crippen LogP contribution in [0.3, 0.4) is 0 Å². The van der Waals surface area contributed by atoms with Gasteiger partial charge in [-0.25, -0.2) is 4.98 Å². The fourth-order valence-electron chi connectivity index (χ4n) is 5.23. The molecule has 158 valence electrons. The van der Waals surface area contributed by atoms with Crippen molar-refractivity contribution in [1.29, 1.82) is 5.41 Å². The van der Waals surface area contributed by atoms with Crippen molar-refractivity contribution in [3.63, 3.8) is 0 Å². The van der Waals surface area contributed by atoms with Crippen molar-refractivity contribution >= 4 is 38.7 Å². The predicted octanol–water partition coefficient (Wildman–Crippen LogP) is 5.40. The SMILES string of the molecule is N=C1C(c2nc(-c3ccc(Br)cc3)cs2)=C(O)CN1C[C@@H]1CCCN2CCCC[C@H]12. The molecule has 2 atom stereocenters. The molecule has 2 aromatic rings. The van der Waals surface area contributed by atoms with Crippen molar-refractivity contribution in [2.45, 2.75) is 38.1 Å². The Morgan fingerprint density at radius 2 is 1.93 bits per heavy atom. The first-order valence-corrected chi connectivity index (χ1v) is 12.5. The molecular formula is C23H27BrN4OS. The van der Waals surface area contributed by atoms with Crippen LogP contribution in [0.15, 0.2) is 39.9 Å². The summed E-state index contributed by atoms with van der Waals surface area (Å²) in [4.78, 5) is 9.48. The Morgan fingerprint density at radius 3 is 2.77 bits per heavy atom. The number of halogens is 1. The van der Waals surface area contributed by atoms with E-state index < -0.39 is 0 Å². The average Bonchev–Trinajstić information content (AvgIpc) is 3.33. The van der Waals surface area contributed by atoms with Gasteiger partial charge in [0.05, 0.1) is 17.8 Å². The number of hydrogen-bond donors (Lipinski definition) is 2. The molecule has 4 heterocycles. The molecule has 5 rings (SSSR count). The Morgan fingerprint density at radius 1 is 1.13 bits per heavy atom. The van der Waals surface area contributed by atoms with E-state index in [0.717, 1.165) is 27.3 Å². The zero-order valence-electron chi connectivity index (χ0n) is 17.0. The minimum atomic E-state index is 0.285. The maximum atomic E-state index is 10.7. The Bertz CT molecular complexity index is 968. The van der Waals surface area contributed by atoms with Gasteiger partial charge >= 0.3 is 0 Å². The van der Waals surface area contributed by atoms with Gasteiger partial charge in [0.25, 0.3) is 0 Å². The van der Waals surface area contributed by atoms with Crippen LogP contribution < -0.4 is 0 Å². The number of nitrogens with one attached hydrogen (secondary N) is 1. The van der Waals surface area contributed by atoms with E-state index in [1.54, 1.807) is 0 Å². The molecular weight excluding hydrogens is 460 g/mol. The smallest absolute Gasteiger partial charge is 0.135 e. The fraction of sp³-hybridized carbons (Fsp3) is 0.478. The fourth-order valence-corrected chi connectivity index (χ4v) is 6.39. The second-order valence-corrected chi connectivity index (χ2v) is 10.4. The predicted molar refractivity (Wildman–Crippen MR) is 126 cm³/mol. The van der Waals surface area contributed by atoms with Crippen molar-refractivity contribution in [2.24, 2.45) is 5.92 Å². The van der Waals surface area contributed by atoms with Crippen LogP contribution in [0.2, 0.25) is 0 Å². The van der Waals surface area contributed by atoms with E-state index in [0.29, 0.717) is 29.9 Å². The van der Waals surface area contributed by atoms with E-state index in [9.17, 15) is 5.11 Å². The molecule has 3 aliphatic rings. The standard InChI is InChI=1S/C23H27BrN4OS/c24-17-8-6-15(7-9-17)18-14-30-23(26-18)21-20(29)13-28(22(21)25)12-16-4-3-11-27-10-2-1-5-19(16)27/h6-9,14,16,19,25,29H,1-5,10-13H2/t16-,19+/m0/s1. The molecule has 0 radical (unpaired) electrons. The first-order valence-electron chi connectivity index (χ1n) is 10.8. The molecule has 1 aromatic heterocycles. The van der Waals surface area contributed by atoms with Crippen molar-refractivity contribution < 1.29 is 5.11 Å². The van der Waals surface area contributed by atoms with Crippen LogP contribution in [0.1, 0.15) is 37.1 Å². The lowest BCUT2D eigenvalue weighted by Crippen LogP contribution is -2.51. The van der Waals surface area contributed by atoms with Crippen molar-refractivity contribution in [3.05, 3.63) is 44.9 Å². The first kappa shape index (κ1) is 20.2. The summed E-state index contributed by atoms with van der Waals surface area (Å²) < 4.78 is 1.04. The number of thiazole rings is 1. The molecule has 0 spiro atoms. The second kappa shape index (κ2) is 8.44. The second-order valence-electron chi connectivity index (χ2n) is 8.60. The summed E-state index contributed by atoms with van der Waals surface area (Å²) in [5.41, 5.74) is 2.54. The van der Waals surface area contributed by atoms with Gasteiger partial charge in [-0.2, -0.15) is 0 Å². The van der Waals surface area contributed by atoms with Gasteiger partial charge in [-0.15, -0.1) is 11.3 Å². The van der Waals surface area contributed by atoms with E-state index in [4.69, 9.17) is 10.4 Å². The number of piperidine rings is 2. The van der Waals surface area contributed by atoms with E-state index in [1.165, 1.54) is 56.5 Å². The van der Waals surface area contributed by atoms with Crippen LogP contribution in [-0.2, 0) is 0 Å². The molecule has 2 N–H and O–H groups in total. The van der Waals surface area contributed by atoms with Gasteiger partial charge < -0.3 is 14.9 Å². The van der Waals surface area contributed by atoms with E-state index >= 15 is 0 Å². The minimum absolute atomic E-state index is 0.285. The number of nitrogens with zero attached hydrogens (tertiary/aromatic N) is 3. The van der Waals surface area contributed by atoms with Crippen molar-refractivity contribution in [1.82, 2.24) is 14.8 Å². The third-order valence-corrected chi connectivity index (χ3v) is 8.11. The molecule has 0 unspecified atom stereocenters. The minimum Gasteiger partial charge on any atom is -0.510 e. The van der Waals surface area contributed by atoms with Gasteiger partial charge in [-0.1, -0.05) is 34.5 Å². The summed E-state index contributed by atoms with van der Waals surface area (Å²) in [6.07, 6.45) is 6.40. The maximum Gasteiger partial charge on any atom is 0.135 e. The zero-order valence-corrected chi connectivity index (χ0v) is 19.4. The number of aliphatic hydroxyl groups is 1. The summed E-state index contributed by atoms with van der Waals surface area (Å²) in [6, 6.07) is 8.72. The molecule has 2 saturated heterocycles. The van der Waals surface area contributed by atoms with E-state index in [-0.39, 0.29) is 5.76 Å². The van der Waals surface area contributed by atoms with Gasteiger partial charge in [0.2, 0.25) is 0 Å². The van der Waals surface area contributed by atoms with E-state index in [1.807, 2.05) is 29.6 Å². The molecule has 0 bridgehead atoms. The van der Waals surface area contributed by atoms with Gasteiger partial charge in [0.1, 0.15) is 16.6 Å². The Hall–Kier alpha value is -1.70. The third kappa shape index (κ3) is 3.83. The zero-order chi connectivity index (χ0) is 20.7. The lowest BCUT2D eigenvalue weighted by molar-refractivity contribution is 0.0504. The van der Waals surface area contributed by atoms with Crippen LogP contribution in [0.5, 0.6) is 0 Å². The molecule has 2 fully saturated rings. The number of aliphatic hydroxyl groups excluding tert-OH is 1. The highest BCUT2D eigenvalue weighted by Gasteiger charge is 2.37. The summed E-state index contributed by atoms with van der Waals surface area (Å²) in [5, 5.41) is 22.2. The largest absolute Gasteiger partial charge is 0.510 e. The Balaban J connectivity index is 1.31. The quantitative estimate of drug-likeness (QED) is 0.607. The van der Waals surface area contributed by atoms with Gasteiger partial charge in [-0.05, 0) is 56.8 Å². The Labute approximate surface area is 190 Å². The summed E-state index contributed by atoms with van der Waals surface area (Å²) >= 11 is 4.97. The van der Waals surface area contributed by atoms with Gasteiger partial charge in [0, 0.05) is 28.0 Å². The number of hydrogen-bond acceptors (Lipinski definition) is 5. The normalized spacial score (nSPS) is 25.1. The highest BCUT2D eigenvalue weighted by Crippen LogP contribution is 2.36. The molecule has 7 heteroatoms. The summed E-state index contributed by atoms with van der Waals surface area (Å²) in [7, 11) is 0. The molecule has 0 amide bonds. The van der Waals surface area contributed by atoms with E-state index in [2.05, 4.69) is 25.7 Å². The molecule has 0 saturated carbocycles. The van der Waals surface area contributed by atoms with Crippen LogP contribution >= 0.6 is 27.3 Å². The van der Waals surface area contributed by atoms with Crippen LogP contribution in [-0.4, -0.2) is 57.9 Å². The number of aromatic nitrogens is 1. The number of rotatable bonds is 4. The lowest BCUT2D eigenvalue weighted by Gasteiger charge is -2.45. The monoisotopic (exact) mass is 486 g/mol. The van der Waals surface area contributed by atoms with Crippen LogP contribution in [0, 0.1) is 11.3 Å². The topological polar surface area (TPSA) is 63.5 Å². The number of fused-ring (bicyclic) bond motifs is 1. The van der Waals surface area contributed by atoms with Gasteiger partial charge in [-0.3, -0.25) is 5.41 Å². The third-order valence-electron chi connectivity index (χ3n) is 6.72. The average molecular weight is 487 g/mol.